The molecule has 2 heterocycles. The lowest BCUT2D eigenvalue weighted by atomic mass is 9.89. The van der Waals surface area contributed by atoms with E-state index in [0.717, 1.165) is 73.4 Å². The van der Waals surface area contributed by atoms with Gasteiger partial charge in [0.05, 0.1) is 11.7 Å². The number of nitrogens with one attached hydrogen (secondary N) is 2. The summed E-state index contributed by atoms with van der Waals surface area (Å²) in [5, 5.41) is 17.6. The van der Waals surface area contributed by atoms with Crippen molar-refractivity contribution in [1.29, 1.82) is 0 Å². The van der Waals surface area contributed by atoms with Gasteiger partial charge in [-0.1, -0.05) is 31.0 Å². The number of aliphatic hydroxyl groups is 1. The first-order valence-corrected chi connectivity index (χ1v) is 14.0. The van der Waals surface area contributed by atoms with Crippen LogP contribution in [0.5, 0.6) is 0 Å². The van der Waals surface area contributed by atoms with Crippen LogP contribution in [-0.2, 0) is 6.18 Å². The van der Waals surface area contributed by atoms with Gasteiger partial charge < -0.3 is 20.6 Å². The van der Waals surface area contributed by atoms with E-state index >= 15 is 0 Å². The highest BCUT2D eigenvalue weighted by molar-refractivity contribution is 5.67. The Bertz CT molecular complexity index is 1230. The van der Waals surface area contributed by atoms with E-state index in [4.69, 9.17) is 0 Å². The smallest absolute Gasteiger partial charge is 0.389 e. The predicted molar refractivity (Wildman–Crippen MR) is 150 cm³/mol. The van der Waals surface area contributed by atoms with E-state index in [1.807, 2.05) is 36.5 Å². The summed E-state index contributed by atoms with van der Waals surface area (Å²) in [6.07, 6.45) is 3.49. The fraction of sp³-hybridized carbons (Fsp3) is 0.452. The van der Waals surface area contributed by atoms with Gasteiger partial charge in [0.2, 0.25) is 0 Å². The van der Waals surface area contributed by atoms with Crippen LogP contribution in [0, 0.1) is 0 Å². The number of alkyl halides is 3. The van der Waals surface area contributed by atoms with E-state index in [1.165, 1.54) is 18.6 Å². The quantitative estimate of drug-likeness (QED) is 0.309. The molecule has 3 N–H and O–H groups in total. The molecule has 3 aromatic rings. The fourth-order valence-electron chi connectivity index (χ4n) is 5.87. The monoisotopic (exact) mass is 538 g/mol. The third-order valence-electron chi connectivity index (χ3n) is 7.99. The predicted octanol–water partition coefficient (Wildman–Crippen LogP) is 6.80. The number of nitrogens with zero attached hydrogens (tertiary/aromatic N) is 2. The van der Waals surface area contributed by atoms with E-state index in [-0.39, 0.29) is 12.1 Å². The zero-order valence-electron chi connectivity index (χ0n) is 22.3. The number of hydrogen-bond donors (Lipinski definition) is 3. The van der Waals surface area contributed by atoms with Gasteiger partial charge in [-0.15, -0.1) is 0 Å². The normalized spacial score (nSPS) is 22.9. The molecule has 1 saturated heterocycles. The van der Waals surface area contributed by atoms with Crippen LogP contribution in [-0.4, -0.2) is 41.3 Å². The van der Waals surface area contributed by atoms with Gasteiger partial charge in [-0.2, -0.15) is 13.2 Å². The van der Waals surface area contributed by atoms with Gasteiger partial charge >= 0.3 is 6.18 Å². The standard InChI is InChI=1S/C31H37F3N4O/c1-21(39)22-6-4-7-23(18-22)24-15-16-35-30(19-24)37-29-10-3-2-9-28(29)36-26-8-5-17-38(20-26)27-13-11-25(12-14-27)31(32,33)34/h4,6-7,11-16,18-19,21,26,28-29,36,39H,2-3,5,8-10,17,20H2,1H3,(H,35,37)/t21-,26?,28-,29?/m1/s1. The molecule has 0 spiro atoms. The van der Waals surface area contributed by atoms with Crippen molar-refractivity contribution in [2.75, 3.05) is 23.3 Å². The van der Waals surface area contributed by atoms with Crippen molar-refractivity contribution in [2.24, 2.45) is 0 Å². The average molecular weight is 539 g/mol. The molecule has 4 atom stereocenters. The number of hydrogen-bond acceptors (Lipinski definition) is 5. The zero-order chi connectivity index (χ0) is 27.4. The van der Waals surface area contributed by atoms with Gasteiger partial charge in [-0.3, -0.25) is 0 Å². The number of aromatic nitrogens is 1. The van der Waals surface area contributed by atoms with Crippen molar-refractivity contribution in [3.05, 3.63) is 78.0 Å². The number of anilines is 2. The molecule has 5 nitrogen and oxygen atoms in total. The van der Waals surface area contributed by atoms with Gasteiger partial charge in [-0.05, 0) is 91.8 Å². The second kappa shape index (κ2) is 12.0. The molecule has 2 aromatic carbocycles. The number of benzene rings is 2. The molecule has 0 bridgehead atoms. The number of halogens is 3. The third kappa shape index (κ3) is 6.92. The summed E-state index contributed by atoms with van der Waals surface area (Å²) in [4.78, 5) is 6.79. The minimum Gasteiger partial charge on any atom is -0.389 e. The van der Waals surface area contributed by atoms with Crippen LogP contribution in [0.2, 0.25) is 0 Å². The second-order valence-corrected chi connectivity index (χ2v) is 10.9. The molecule has 2 unspecified atom stereocenters. The van der Waals surface area contributed by atoms with E-state index in [1.54, 1.807) is 19.1 Å². The summed E-state index contributed by atoms with van der Waals surface area (Å²) < 4.78 is 39.0. The summed E-state index contributed by atoms with van der Waals surface area (Å²) >= 11 is 0. The molecule has 1 aromatic heterocycles. The van der Waals surface area contributed by atoms with Crippen LogP contribution in [0.1, 0.15) is 62.7 Å². The van der Waals surface area contributed by atoms with E-state index < -0.39 is 17.8 Å². The summed E-state index contributed by atoms with van der Waals surface area (Å²) in [5.74, 6) is 0.837. The van der Waals surface area contributed by atoms with Crippen LogP contribution < -0.4 is 15.5 Å². The lowest BCUT2D eigenvalue weighted by Crippen LogP contribution is -2.55. The molecule has 1 aliphatic carbocycles. The van der Waals surface area contributed by atoms with Gasteiger partial charge in [0.15, 0.2) is 0 Å². The van der Waals surface area contributed by atoms with E-state index in [0.29, 0.717) is 6.04 Å². The topological polar surface area (TPSA) is 60.4 Å². The molecule has 0 radical (unpaired) electrons. The van der Waals surface area contributed by atoms with Gasteiger partial charge in [0.1, 0.15) is 5.82 Å². The largest absolute Gasteiger partial charge is 0.416 e. The van der Waals surface area contributed by atoms with Gasteiger partial charge in [0, 0.05) is 43.1 Å². The molecular weight excluding hydrogens is 501 g/mol. The maximum atomic E-state index is 13.0. The highest BCUT2D eigenvalue weighted by Crippen LogP contribution is 2.32. The number of aliphatic hydroxyl groups excluding tert-OH is 1. The molecule has 2 fully saturated rings. The Morgan fingerprint density at radius 1 is 0.923 bits per heavy atom. The summed E-state index contributed by atoms with van der Waals surface area (Å²) in [5.41, 5.74) is 3.21. The first kappa shape index (κ1) is 27.5. The lowest BCUT2D eigenvalue weighted by Gasteiger charge is -2.40. The molecule has 5 rings (SSSR count). The molecule has 208 valence electrons. The number of rotatable bonds is 7. The van der Waals surface area contributed by atoms with Crippen LogP contribution >= 0.6 is 0 Å². The van der Waals surface area contributed by atoms with Crippen LogP contribution in [0.25, 0.3) is 11.1 Å². The minimum atomic E-state index is -4.32. The maximum absolute atomic E-state index is 13.0. The van der Waals surface area contributed by atoms with Crippen molar-refractivity contribution < 1.29 is 18.3 Å². The summed E-state index contributed by atoms with van der Waals surface area (Å²) in [6.45, 7) is 3.40. The maximum Gasteiger partial charge on any atom is 0.416 e. The number of piperidine rings is 1. The van der Waals surface area contributed by atoms with Crippen LogP contribution in [0.3, 0.4) is 0 Å². The van der Waals surface area contributed by atoms with Crippen molar-refractivity contribution in [2.45, 2.75) is 75.9 Å². The highest BCUT2D eigenvalue weighted by Gasteiger charge is 2.32. The Morgan fingerprint density at radius 2 is 1.67 bits per heavy atom. The van der Waals surface area contributed by atoms with Crippen molar-refractivity contribution in [3.63, 3.8) is 0 Å². The molecule has 0 amide bonds. The molecule has 39 heavy (non-hydrogen) atoms. The van der Waals surface area contributed by atoms with Crippen molar-refractivity contribution >= 4 is 11.5 Å². The van der Waals surface area contributed by atoms with Gasteiger partial charge in [0.25, 0.3) is 0 Å². The molecule has 2 aliphatic rings. The summed E-state index contributed by atoms with van der Waals surface area (Å²) in [7, 11) is 0. The molecule has 8 heteroatoms. The summed E-state index contributed by atoms with van der Waals surface area (Å²) in [6, 6.07) is 18.3. The second-order valence-electron chi connectivity index (χ2n) is 10.9. The van der Waals surface area contributed by atoms with Crippen LogP contribution in [0.4, 0.5) is 24.7 Å². The lowest BCUT2D eigenvalue weighted by molar-refractivity contribution is -0.137. The van der Waals surface area contributed by atoms with Crippen LogP contribution in [0.15, 0.2) is 66.9 Å². The SMILES string of the molecule is C[C@@H](O)c1cccc(-c2ccnc(NC3CCCC[C@H]3NC3CCCN(c4ccc(C(F)(F)F)cc4)C3)c2)c1. The Kier molecular flexibility index (Phi) is 8.43. The Labute approximate surface area is 228 Å². The first-order chi connectivity index (χ1) is 18.8. The molecular formula is C31H37F3N4O. The average Bonchev–Trinajstić information content (AvgIpc) is 2.94. The zero-order valence-corrected chi connectivity index (χ0v) is 22.3. The number of pyridine rings is 1. The van der Waals surface area contributed by atoms with Crippen molar-refractivity contribution in [3.8, 4) is 11.1 Å². The highest BCUT2D eigenvalue weighted by atomic mass is 19.4. The third-order valence-corrected chi connectivity index (χ3v) is 7.99. The van der Waals surface area contributed by atoms with E-state index in [2.05, 4.69) is 26.6 Å². The Balaban J connectivity index is 1.24. The van der Waals surface area contributed by atoms with Crippen molar-refractivity contribution in [1.82, 2.24) is 10.3 Å². The fourth-order valence-corrected chi connectivity index (χ4v) is 5.87. The molecule has 1 aliphatic heterocycles. The first-order valence-electron chi connectivity index (χ1n) is 14.0. The Hall–Kier alpha value is -3.10. The molecule has 1 saturated carbocycles. The Morgan fingerprint density at radius 3 is 2.41 bits per heavy atom. The van der Waals surface area contributed by atoms with Gasteiger partial charge in [-0.25, -0.2) is 4.98 Å². The minimum absolute atomic E-state index is 0.242. The van der Waals surface area contributed by atoms with E-state index in [9.17, 15) is 18.3 Å².